The van der Waals surface area contributed by atoms with Crippen LogP contribution >= 0.6 is 0 Å². The van der Waals surface area contributed by atoms with Gasteiger partial charge in [0.15, 0.2) is 5.96 Å². The second-order valence-corrected chi connectivity index (χ2v) is 6.42. The third kappa shape index (κ3) is 3.55. The van der Waals surface area contributed by atoms with Crippen LogP contribution in [0.1, 0.15) is 24.0 Å². The number of nitrogens with zero attached hydrogens (tertiary/aromatic N) is 1. The molecular formula is C20H23N3O3. The predicted octanol–water partition coefficient (Wildman–Crippen LogP) is 1.82. The number of carbonyl (C=O) groups is 1. The lowest BCUT2D eigenvalue weighted by Crippen LogP contribution is -2.46. The fourth-order valence-electron chi connectivity index (χ4n) is 3.21. The molecule has 0 bridgehead atoms. The van der Waals surface area contributed by atoms with E-state index in [9.17, 15) is 9.90 Å². The predicted molar refractivity (Wildman–Crippen MR) is 98.5 cm³/mol. The Labute approximate surface area is 152 Å². The Bertz CT molecular complexity index is 717. The summed E-state index contributed by atoms with van der Waals surface area (Å²) in [4.78, 5) is 14.7. The van der Waals surface area contributed by atoms with E-state index in [1.165, 1.54) is 0 Å². The lowest BCUT2D eigenvalue weighted by molar-refractivity contribution is -0.169. The molecular weight excluding hydrogens is 330 g/mol. The Hall–Kier alpha value is -2.86. The van der Waals surface area contributed by atoms with Crippen molar-refractivity contribution in [2.45, 2.75) is 24.5 Å². The van der Waals surface area contributed by atoms with Crippen LogP contribution in [0.3, 0.4) is 0 Å². The van der Waals surface area contributed by atoms with Crippen molar-refractivity contribution in [3.63, 3.8) is 0 Å². The van der Waals surface area contributed by atoms with Gasteiger partial charge in [0.1, 0.15) is 6.10 Å². The molecule has 0 aliphatic carbocycles. The third-order valence-corrected chi connectivity index (χ3v) is 4.73. The van der Waals surface area contributed by atoms with E-state index in [0.717, 1.165) is 0 Å². The van der Waals surface area contributed by atoms with Gasteiger partial charge in [-0.05, 0) is 11.1 Å². The summed E-state index contributed by atoms with van der Waals surface area (Å²) in [5.41, 5.74) is 4.58. The summed E-state index contributed by atoms with van der Waals surface area (Å²) >= 11 is 0. The lowest BCUT2D eigenvalue weighted by atomic mass is 9.86. The minimum Gasteiger partial charge on any atom is -0.460 e. The molecule has 1 aliphatic rings. The molecule has 6 heteroatoms. The maximum absolute atomic E-state index is 13.0. The highest BCUT2D eigenvalue weighted by atomic mass is 16.6. The highest BCUT2D eigenvalue weighted by Crippen LogP contribution is 2.32. The van der Waals surface area contributed by atoms with Crippen LogP contribution < -0.4 is 5.73 Å². The number of rotatable bonds is 4. The summed E-state index contributed by atoms with van der Waals surface area (Å²) < 4.78 is 5.67. The van der Waals surface area contributed by atoms with Crippen molar-refractivity contribution in [2.24, 2.45) is 5.73 Å². The van der Waals surface area contributed by atoms with Gasteiger partial charge in [-0.15, -0.1) is 0 Å². The average Bonchev–Trinajstić information content (AvgIpc) is 2.69. The van der Waals surface area contributed by atoms with Crippen LogP contribution in [0.4, 0.5) is 0 Å². The maximum atomic E-state index is 13.0. The maximum Gasteiger partial charge on any atom is 0.347 e. The Balaban J connectivity index is 1.82. The van der Waals surface area contributed by atoms with Crippen molar-refractivity contribution in [3.8, 4) is 0 Å². The zero-order chi connectivity index (χ0) is 18.6. The first-order valence-corrected chi connectivity index (χ1v) is 8.65. The molecule has 2 aromatic rings. The summed E-state index contributed by atoms with van der Waals surface area (Å²) in [7, 11) is 0. The number of guanidine groups is 1. The number of carbonyl (C=O) groups excluding carboxylic acids is 1. The molecule has 0 aromatic heterocycles. The van der Waals surface area contributed by atoms with Gasteiger partial charge >= 0.3 is 5.97 Å². The second-order valence-electron chi connectivity index (χ2n) is 6.42. The van der Waals surface area contributed by atoms with E-state index >= 15 is 0 Å². The number of piperidine rings is 1. The molecule has 0 amide bonds. The van der Waals surface area contributed by atoms with Crippen LogP contribution in [0.2, 0.25) is 0 Å². The molecule has 1 fully saturated rings. The second kappa shape index (κ2) is 7.58. The van der Waals surface area contributed by atoms with Gasteiger partial charge < -0.3 is 20.5 Å². The topological polar surface area (TPSA) is 99.6 Å². The first-order chi connectivity index (χ1) is 12.5. The first kappa shape index (κ1) is 17.9. The molecule has 1 saturated heterocycles. The fraction of sp³-hybridized carbons (Fsp3) is 0.300. The number of likely N-dealkylation sites (tertiary alicyclic amines) is 1. The third-order valence-electron chi connectivity index (χ3n) is 4.73. The highest BCUT2D eigenvalue weighted by molar-refractivity contribution is 5.85. The van der Waals surface area contributed by atoms with Crippen molar-refractivity contribution in [2.75, 3.05) is 13.1 Å². The number of esters is 1. The van der Waals surface area contributed by atoms with Crippen LogP contribution in [0.15, 0.2) is 60.7 Å². The van der Waals surface area contributed by atoms with E-state index in [1.807, 2.05) is 12.1 Å². The monoisotopic (exact) mass is 353 g/mol. The molecule has 0 unspecified atom stereocenters. The number of ether oxygens (including phenoxy) is 1. The largest absolute Gasteiger partial charge is 0.460 e. The van der Waals surface area contributed by atoms with Crippen LogP contribution in [-0.2, 0) is 15.1 Å². The quantitative estimate of drug-likeness (QED) is 0.442. The summed E-state index contributed by atoms with van der Waals surface area (Å²) in [5.74, 6) is -0.656. The van der Waals surface area contributed by atoms with Crippen LogP contribution in [0.5, 0.6) is 0 Å². The van der Waals surface area contributed by atoms with Gasteiger partial charge in [-0.25, -0.2) is 4.79 Å². The van der Waals surface area contributed by atoms with Crippen molar-refractivity contribution in [1.29, 1.82) is 5.41 Å². The Morgan fingerprint density at radius 1 is 1.04 bits per heavy atom. The standard InChI is InChI=1S/C20H23N3O3/c21-19(22)23-13-11-17(12-14-23)26-18(24)20(25,15-7-3-1-4-8-15)16-9-5-2-6-10-16/h1-10,17,25H,11-14H2,(H3,21,22). The zero-order valence-corrected chi connectivity index (χ0v) is 14.5. The van der Waals surface area contributed by atoms with Gasteiger partial charge in [-0.2, -0.15) is 0 Å². The molecule has 2 aromatic carbocycles. The van der Waals surface area contributed by atoms with E-state index in [0.29, 0.717) is 37.1 Å². The molecule has 1 aliphatic heterocycles. The van der Waals surface area contributed by atoms with Gasteiger partial charge in [-0.3, -0.25) is 5.41 Å². The molecule has 6 nitrogen and oxygen atoms in total. The van der Waals surface area contributed by atoms with Crippen molar-refractivity contribution in [1.82, 2.24) is 4.90 Å². The number of nitrogens with two attached hydrogens (primary N) is 1. The minimum atomic E-state index is -1.86. The number of nitrogens with one attached hydrogen (secondary N) is 1. The van der Waals surface area contributed by atoms with Crippen LogP contribution in [0.25, 0.3) is 0 Å². The van der Waals surface area contributed by atoms with E-state index < -0.39 is 11.6 Å². The van der Waals surface area contributed by atoms with E-state index in [-0.39, 0.29) is 12.1 Å². The summed E-state index contributed by atoms with van der Waals surface area (Å²) in [5, 5.41) is 18.8. The summed E-state index contributed by atoms with van der Waals surface area (Å²) in [6, 6.07) is 17.6. The van der Waals surface area contributed by atoms with Gasteiger partial charge in [0.05, 0.1) is 0 Å². The van der Waals surface area contributed by atoms with E-state index in [4.69, 9.17) is 15.9 Å². The molecule has 1 heterocycles. The van der Waals surface area contributed by atoms with Crippen LogP contribution in [0, 0.1) is 5.41 Å². The van der Waals surface area contributed by atoms with Crippen molar-refractivity contribution >= 4 is 11.9 Å². The highest BCUT2D eigenvalue weighted by Gasteiger charge is 2.42. The Morgan fingerprint density at radius 3 is 1.92 bits per heavy atom. The normalized spacial score (nSPS) is 15.5. The molecule has 3 rings (SSSR count). The van der Waals surface area contributed by atoms with Gasteiger partial charge in [0, 0.05) is 25.9 Å². The average molecular weight is 353 g/mol. The summed E-state index contributed by atoms with van der Waals surface area (Å²) in [6.07, 6.45) is 0.840. The smallest absolute Gasteiger partial charge is 0.347 e. The van der Waals surface area contributed by atoms with Gasteiger partial charge in [0.2, 0.25) is 5.60 Å². The van der Waals surface area contributed by atoms with Crippen molar-refractivity contribution < 1.29 is 14.6 Å². The first-order valence-electron chi connectivity index (χ1n) is 8.65. The minimum absolute atomic E-state index is 0.0276. The molecule has 0 radical (unpaired) electrons. The van der Waals surface area contributed by atoms with Crippen molar-refractivity contribution in [3.05, 3.63) is 71.8 Å². The number of hydrogen-bond acceptors (Lipinski definition) is 4. The molecule has 136 valence electrons. The van der Waals surface area contributed by atoms with Gasteiger partial charge in [0.25, 0.3) is 0 Å². The number of hydrogen-bond donors (Lipinski definition) is 3. The number of benzene rings is 2. The fourth-order valence-corrected chi connectivity index (χ4v) is 3.21. The Kier molecular flexibility index (Phi) is 5.23. The van der Waals surface area contributed by atoms with Gasteiger partial charge in [-0.1, -0.05) is 60.7 Å². The van der Waals surface area contributed by atoms with E-state index in [2.05, 4.69) is 0 Å². The SMILES string of the molecule is N=C(N)N1CCC(OC(=O)C(O)(c2ccccc2)c2ccccc2)CC1. The van der Waals surface area contributed by atoms with Crippen LogP contribution in [-0.4, -0.2) is 41.1 Å². The lowest BCUT2D eigenvalue weighted by Gasteiger charge is -2.34. The summed E-state index contributed by atoms with van der Waals surface area (Å²) in [6.45, 7) is 1.12. The van der Waals surface area contributed by atoms with E-state index in [1.54, 1.807) is 53.4 Å². The molecule has 4 N–H and O–H groups in total. The molecule has 26 heavy (non-hydrogen) atoms. The molecule has 0 atom stereocenters. The zero-order valence-electron chi connectivity index (χ0n) is 14.5. The molecule has 0 saturated carbocycles. The number of aliphatic hydroxyl groups is 1. The Morgan fingerprint density at radius 2 is 1.50 bits per heavy atom. The molecule has 0 spiro atoms.